The molecule has 0 fully saturated rings. The second kappa shape index (κ2) is 5.74. The molecule has 1 aromatic carbocycles. The number of hydrogen-bond donors (Lipinski definition) is 1. The van der Waals surface area contributed by atoms with Crippen molar-refractivity contribution in [3.05, 3.63) is 42.2 Å². The molecule has 2 aromatic heterocycles. The molecule has 2 N–H and O–H groups in total. The number of benzene rings is 1. The normalized spacial score (nSPS) is 10.9. The van der Waals surface area contributed by atoms with Gasteiger partial charge in [-0.05, 0) is 5.56 Å². The Morgan fingerprint density at radius 3 is 2.76 bits per heavy atom. The van der Waals surface area contributed by atoms with Gasteiger partial charge in [0, 0.05) is 0 Å². The minimum Gasteiger partial charge on any atom is -0.471 e. The first kappa shape index (κ1) is 13.3. The highest BCUT2D eigenvalue weighted by Gasteiger charge is 2.13. The number of fused-ring (bicyclic) bond motifs is 1. The van der Waals surface area contributed by atoms with Crippen molar-refractivity contribution in [3.63, 3.8) is 0 Å². The molecule has 0 spiro atoms. The number of hydrogen-bond acceptors (Lipinski definition) is 5. The minimum atomic E-state index is -0.504. The number of aryl methyl sites for hydroxylation is 1. The first-order valence-corrected chi connectivity index (χ1v) is 6.49. The van der Waals surface area contributed by atoms with Crippen molar-refractivity contribution in [1.29, 1.82) is 0 Å². The highest BCUT2D eigenvalue weighted by Crippen LogP contribution is 2.22. The summed E-state index contributed by atoms with van der Waals surface area (Å²) in [5.74, 6) is 0.380. The summed E-state index contributed by atoms with van der Waals surface area (Å²) in [6.07, 6.45) is 1.51. The quantitative estimate of drug-likeness (QED) is 0.776. The van der Waals surface area contributed by atoms with Crippen LogP contribution in [0.3, 0.4) is 0 Å². The van der Waals surface area contributed by atoms with Gasteiger partial charge in [0.2, 0.25) is 11.8 Å². The Balaban J connectivity index is 1.91. The van der Waals surface area contributed by atoms with Gasteiger partial charge >= 0.3 is 0 Å². The number of halogens is 1. The van der Waals surface area contributed by atoms with Gasteiger partial charge in [-0.1, -0.05) is 30.3 Å². The van der Waals surface area contributed by atoms with Crippen LogP contribution in [-0.4, -0.2) is 26.2 Å². The standard InChI is InChI=1S/C14H14FN5O/c15-6-7-20-9-17-11-12(20)18-14(16)19-13(11)21-8-10-4-2-1-3-5-10/h1-5,9H,6-8H2,(H2,16,18,19). The smallest absolute Gasteiger partial charge is 0.247 e. The number of nitrogen functional groups attached to an aromatic ring is 1. The first-order valence-electron chi connectivity index (χ1n) is 6.49. The van der Waals surface area contributed by atoms with Crippen LogP contribution in [-0.2, 0) is 13.2 Å². The van der Waals surface area contributed by atoms with Gasteiger partial charge in [-0.2, -0.15) is 9.97 Å². The Hall–Kier alpha value is -2.70. The van der Waals surface area contributed by atoms with Crippen molar-refractivity contribution in [2.75, 3.05) is 12.4 Å². The molecule has 21 heavy (non-hydrogen) atoms. The van der Waals surface area contributed by atoms with E-state index in [4.69, 9.17) is 10.5 Å². The molecule has 3 aromatic rings. The molecule has 0 aliphatic heterocycles. The van der Waals surface area contributed by atoms with Gasteiger partial charge in [-0.25, -0.2) is 9.37 Å². The fourth-order valence-electron chi connectivity index (χ4n) is 2.02. The minimum absolute atomic E-state index is 0.0752. The fraction of sp³-hybridized carbons (Fsp3) is 0.214. The molecular weight excluding hydrogens is 273 g/mol. The molecule has 0 atom stereocenters. The van der Waals surface area contributed by atoms with Crippen LogP contribution >= 0.6 is 0 Å². The molecule has 2 heterocycles. The molecule has 0 bridgehead atoms. The van der Waals surface area contributed by atoms with E-state index >= 15 is 0 Å². The predicted molar refractivity (Wildman–Crippen MR) is 76.5 cm³/mol. The average Bonchev–Trinajstić information content (AvgIpc) is 2.89. The summed E-state index contributed by atoms with van der Waals surface area (Å²) in [5.41, 5.74) is 7.64. The molecule has 0 saturated heterocycles. The molecule has 0 aliphatic rings. The molecule has 0 saturated carbocycles. The second-order valence-corrected chi connectivity index (χ2v) is 4.46. The van der Waals surface area contributed by atoms with Crippen LogP contribution < -0.4 is 10.5 Å². The van der Waals surface area contributed by atoms with E-state index in [-0.39, 0.29) is 12.5 Å². The van der Waals surface area contributed by atoms with Crippen LogP contribution in [0.4, 0.5) is 10.3 Å². The van der Waals surface area contributed by atoms with Crippen molar-refractivity contribution in [3.8, 4) is 5.88 Å². The summed E-state index contributed by atoms with van der Waals surface area (Å²) < 4.78 is 19.8. The fourth-order valence-corrected chi connectivity index (χ4v) is 2.02. The van der Waals surface area contributed by atoms with E-state index < -0.39 is 6.67 Å². The number of nitrogens with two attached hydrogens (primary N) is 1. The Labute approximate surface area is 120 Å². The van der Waals surface area contributed by atoms with E-state index in [0.29, 0.717) is 23.7 Å². The maximum atomic E-state index is 12.5. The van der Waals surface area contributed by atoms with E-state index in [1.54, 1.807) is 4.57 Å². The molecule has 3 rings (SSSR count). The van der Waals surface area contributed by atoms with E-state index in [0.717, 1.165) is 5.56 Å². The van der Waals surface area contributed by atoms with Crippen LogP contribution in [0.25, 0.3) is 11.2 Å². The van der Waals surface area contributed by atoms with Crippen LogP contribution in [0.5, 0.6) is 5.88 Å². The number of rotatable bonds is 5. The lowest BCUT2D eigenvalue weighted by molar-refractivity contribution is 0.297. The molecule has 0 radical (unpaired) electrons. The summed E-state index contributed by atoms with van der Waals surface area (Å²) in [5, 5.41) is 0. The van der Waals surface area contributed by atoms with Gasteiger partial charge in [-0.15, -0.1) is 0 Å². The maximum Gasteiger partial charge on any atom is 0.247 e. The SMILES string of the molecule is Nc1nc(OCc2ccccc2)c2ncn(CCF)c2n1. The van der Waals surface area contributed by atoms with Crippen molar-refractivity contribution < 1.29 is 9.13 Å². The van der Waals surface area contributed by atoms with Gasteiger partial charge in [0.05, 0.1) is 12.9 Å². The van der Waals surface area contributed by atoms with Crippen LogP contribution in [0.2, 0.25) is 0 Å². The summed E-state index contributed by atoms with van der Waals surface area (Å²) in [6, 6.07) is 9.69. The monoisotopic (exact) mass is 287 g/mol. The zero-order chi connectivity index (χ0) is 14.7. The molecule has 0 unspecified atom stereocenters. The zero-order valence-corrected chi connectivity index (χ0v) is 11.2. The van der Waals surface area contributed by atoms with Crippen LogP contribution in [0.1, 0.15) is 5.56 Å². The Kier molecular flexibility index (Phi) is 3.63. The van der Waals surface area contributed by atoms with E-state index in [9.17, 15) is 4.39 Å². The summed E-state index contributed by atoms with van der Waals surface area (Å²) in [4.78, 5) is 12.3. The van der Waals surface area contributed by atoms with Crippen molar-refractivity contribution >= 4 is 17.1 Å². The first-order chi connectivity index (χ1) is 10.3. The van der Waals surface area contributed by atoms with E-state index in [1.165, 1.54) is 6.33 Å². The lowest BCUT2D eigenvalue weighted by Crippen LogP contribution is -2.05. The van der Waals surface area contributed by atoms with Gasteiger partial charge in [0.1, 0.15) is 13.3 Å². The number of aromatic nitrogens is 4. The number of ether oxygens (including phenoxy) is 1. The lowest BCUT2D eigenvalue weighted by Gasteiger charge is -2.07. The lowest BCUT2D eigenvalue weighted by atomic mass is 10.2. The highest BCUT2D eigenvalue weighted by molar-refractivity contribution is 5.77. The second-order valence-electron chi connectivity index (χ2n) is 4.46. The molecule has 6 nitrogen and oxygen atoms in total. The maximum absolute atomic E-state index is 12.5. The Morgan fingerprint density at radius 1 is 1.19 bits per heavy atom. The van der Waals surface area contributed by atoms with Crippen molar-refractivity contribution in [1.82, 2.24) is 19.5 Å². The number of nitrogens with zero attached hydrogens (tertiary/aromatic N) is 4. The van der Waals surface area contributed by atoms with Crippen LogP contribution in [0, 0.1) is 0 Å². The third-order valence-electron chi connectivity index (χ3n) is 2.99. The van der Waals surface area contributed by atoms with E-state index in [1.807, 2.05) is 30.3 Å². The number of alkyl halides is 1. The zero-order valence-electron chi connectivity index (χ0n) is 11.2. The van der Waals surface area contributed by atoms with Crippen molar-refractivity contribution in [2.45, 2.75) is 13.2 Å². The third-order valence-corrected chi connectivity index (χ3v) is 2.99. The number of imidazole rings is 1. The van der Waals surface area contributed by atoms with E-state index in [2.05, 4.69) is 15.0 Å². The van der Waals surface area contributed by atoms with Gasteiger partial charge in [-0.3, -0.25) is 0 Å². The van der Waals surface area contributed by atoms with Gasteiger partial charge in [0.25, 0.3) is 0 Å². The molecule has 108 valence electrons. The average molecular weight is 287 g/mol. The Bertz CT molecular complexity index is 744. The largest absolute Gasteiger partial charge is 0.471 e. The topological polar surface area (TPSA) is 78.9 Å². The number of anilines is 1. The summed E-state index contributed by atoms with van der Waals surface area (Å²) >= 11 is 0. The van der Waals surface area contributed by atoms with Crippen LogP contribution in [0.15, 0.2) is 36.7 Å². The molecule has 7 heteroatoms. The molecule has 0 aliphatic carbocycles. The molecule has 0 amide bonds. The summed E-state index contributed by atoms with van der Waals surface area (Å²) in [6.45, 7) is 0.0169. The van der Waals surface area contributed by atoms with Crippen molar-refractivity contribution in [2.24, 2.45) is 0 Å². The summed E-state index contributed by atoms with van der Waals surface area (Å²) in [7, 11) is 0. The van der Waals surface area contributed by atoms with Gasteiger partial charge in [0.15, 0.2) is 11.2 Å². The van der Waals surface area contributed by atoms with Gasteiger partial charge < -0.3 is 15.0 Å². The predicted octanol–water partition coefficient (Wildman–Crippen LogP) is 1.96. The highest BCUT2D eigenvalue weighted by atomic mass is 19.1. The third kappa shape index (κ3) is 2.76. The molecular formula is C14H14FN5O. The Morgan fingerprint density at radius 2 is 2.00 bits per heavy atom.